The Morgan fingerprint density at radius 3 is 2.64 bits per heavy atom. The second-order valence-electron chi connectivity index (χ2n) is 11.3. The van der Waals surface area contributed by atoms with E-state index in [0.29, 0.717) is 23.5 Å². The number of hydrogen-bond donors (Lipinski definition) is 0. The Morgan fingerprint density at radius 2 is 1.98 bits per heavy atom. The summed E-state index contributed by atoms with van der Waals surface area (Å²) in [7, 11) is 1.99. The van der Waals surface area contributed by atoms with Crippen LogP contribution < -0.4 is 14.5 Å². The van der Waals surface area contributed by atoms with E-state index in [2.05, 4.69) is 23.6 Å². The number of likely N-dealkylation sites (N-methyl/N-ethyl adjacent to an activating group) is 1. The van der Waals surface area contributed by atoms with Crippen molar-refractivity contribution < 1.29 is 27.1 Å². The molecule has 5 rings (SSSR count). The van der Waals surface area contributed by atoms with E-state index < -0.39 is 23.6 Å². The lowest BCUT2D eigenvalue weighted by Gasteiger charge is -2.43. The molecule has 0 bridgehead atoms. The summed E-state index contributed by atoms with van der Waals surface area (Å²) in [6.45, 7) is 5.72. The highest BCUT2D eigenvalue weighted by Crippen LogP contribution is 2.42. The highest BCUT2D eigenvalue weighted by molar-refractivity contribution is 5.87. The van der Waals surface area contributed by atoms with Crippen LogP contribution in [0.4, 0.5) is 28.9 Å². The third-order valence-electron chi connectivity index (χ3n) is 8.69. The molecule has 0 spiro atoms. The molecule has 0 saturated carbocycles. The molecular formula is C31H33F4N7O2. The number of carbonyl (C=O) groups excluding carboxylic acids is 1. The number of fused-ring (bicyclic) bond motifs is 1. The van der Waals surface area contributed by atoms with E-state index in [1.807, 2.05) is 11.9 Å². The number of alkyl halides is 3. The standard InChI is InChI=1S/C31H33F4N7O2/c1-3-27(43)42-15-14-41(17-20(42)9-11-36)29-22-10-13-40(26-8-4-7-24(32)28(26)31(33,34)35)18-25(22)38-30(23(29)16-37)44-19-21-6-5-12-39(21)2/h3-4,7-8,20-21H,1,5-6,9-10,12-15,17-19H2,2H3. The number of hydrogen-bond acceptors (Lipinski definition) is 8. The van der Waals surface area contributed by atoms with E-state index in [9.17, 15) is 32.9 Å². The molecule has 1 aromatic heterocycles. The largest absolute Gasteiger partial charge is 0.475 e. The van der Waals surface area contributed by atoms with Crippen molar-refractivity contribution >= 4 is 17.3 Å². The number of halogens is 4. The Labute approximate surface area is 253 Å². The van der Waals surface area contributed by atoms with Crippen molar-refractivity contribution in [3.8, 4) is 18.0 Å². The number of anilines is 2. The first-order valence-corrected chi connectivity index (χ1v) is 14.5. The monoisotopic (exact) mass is 611 g/mol. The number of benzene rings is 1. The van der Waals surface area contributed by atoms with Gasteiger partial charge in [-0.2, -0.15) is 23.7 Å². The molecule has 13 heteroatoms. The number of piperazine rings is 1. The van der Waals surface area contributed by atoms with Gasteiger partial charge in [-0.05, 0) is 51.1 Å². The maximum atomic E-state index is 14.5. The molecule has 44 heavy (non-hydrogen) atoms. The number of amides is 1. The molecule has 2 saturated heterocycles. The second-order valence-corrected chi connectivity index (χ2v) is 11.3. The van der Waals surface area contributed by atoms with Crippen molar-refractivity contribution in [1.29, 1.82) is 10.5 Å². The SMILES string of the molecule is C=CC(=O)N1CCN(c2c(C#N)c(OCC3CCCN3C)nc3c2CCN(c2cccc(F)c2C(F)(F)F)C3)CC1CC#N. The minimum Gasteiger partial charge on any atom is -0.475 e. The van der Waals surface area contributed by atoms with Crippen LogP contribution in [0.2, 0.25) is 0 Å². The van der Waals surface area contributed by atoms with Crippen LogP contribution in [-0.2, 0) is 23.9 Å². The van der Waals surface area contributed by atoms with Gasteiger partial charge in [0, 0.05) is 37.8 Å². The predicted molar refractivity (Wildman–Crippen MR) is 154 cm³/mol. The van der Waals surface area contributed by atoms with Gasteiger partial charge >= 0.3 is 6.18 Å². The third-order valence-corrected chi connectivity index (χ3v) is 8.69. The predicted octanol–water partition coefficient (Wildman–Crippen LogP) is 4.26. The summed E-state index contributed by atoms with van der Waals surface area (Å²) in [5, 5.41) is 19.9. The highest BCUT2D eigenvalue weighted by atomic mass is 19.4. The lowest BCUT2D eigenvalue weighted by molar-refractivity contribution is -0.139. The molecule has 1 aromatic carbocycles. The molecule has 2 unspecified atom stereocenters. The fraction of sp³-hybridized carbons (Fsp3) is 0.484. The molecule has 2 fully saturated rings. The van der Waals surface area contributed by atoms with E-state index >= 15 is 0 Å². The first-order valence-electron chi connectivity index (χ1n) is 14.5. The summed E-state index contributed by atoms with van der Waals surface area (Å²) in [6.07, 6.45) is -1.46. The fourth-order valence-corrected chi connectivity index (χ4v) is 6.46. The van der Waals surface area contributed by atoms with Gasteiger partial charge in [-0.3, -0.25) is 4.79 Å². The van der Waals surface area contributed by atoms with E-state index in [0.717, 1.165) is 25.5 Å². The van der Waals surface area contributed by atoms with Gasteiger partial charge in [0.15, 0.2) is 0 Å². The molecule has 0 N–H and O–H groups in total. The van der Waals surface area contributed by atoms with Gasteiger partial charge in [-0.25, -0.2) is 9.37 Å². The van der Waals surface area contributed by atoms with E-state index in [4.69, 9.17) is 9.72 Å². The van der Waals surface area contributed by atoms with Crippen LogP contribution in [0.15, 0.2) is 30.9 Å². The molecule has 2 atom stereocenters. The number of rotatable bonds is 7. The van der Waals surface area contributed by atoms with Gasteiger partial charge in [0.2, 0.25) is 11.8 Å². The van der Waals surface area contributed by atoms with Crippen LogP contribution in [0.5, 0.6) is 5.88 Å². The van der Waals surface area contributed by atoms with Crippen molar-refractivity contribution in [2.45, 2.75) is 50.5 Å². The molecule has 1 amide bonds. The minimum atomic E-state index is -4.90. The molecule has 3 aliphatic rings. The molecule has 0 radical (unpaired) electrons. The number of aromatic nitrogens is 1. The first kappa shape index (κ1) is 31.1. The van der Waals surface area contributed by atoms with Crippen LogP contribution in [0.3, 0.4) is 0 Å². The topological polar surface area (TPSA) is 99.7 Å². The summed E-state index contributed by atoms with van der Waals surface area (Å²) >= 11 is 0. The Hall–Kier alpha value is -4.36. The molecule has 0 aliphatic carbocycles. The van der Waals surface area contributed by atoms with Gasteiger partial charge in [0.25, 0.3) is 0 Å². The Bertz CT molecular complexity index is 1520. The van der Waals surface area contributed by atoms with Crippen molar-refractivity contribution in [3.05, 3.63) is 59.1 Å². The lowest BCUT2D eigenvalue weighted by atomic mass is 9.96. The summed E-state index contributed by atoms with van der Waals surface area (Å²) < 4.78 is 62.4. The maximum Gasteiger partial charge on any atom is 0.421 e. The number of nitrogens with zero attached hydrogens (tertiary/aromatic N) is 7. The van der Waals surface area contributed by atoms with Crippen LogP contribution in [0, 0.1) is 28.5 Å². The minimum absolute atomic E-state index is 0.0587. The van der Waals surface area contributed by atoms with E-state index in [1.165, 1.54) is 23.1 Å². The van der Waals surface area contributed by atoms with Crippen molar-refractivity contribution in [2.24, 2.45) is 0 Å². The van der Waals surface area contributed by atoms with Crippen molar-refractivity contribution in [1.82, 2.24) is 14.8 Å². The summed E-state index contributed by atoms with van der Waals surface area (Å²) in [4.78, 5) is 24.4. The van der Waals surface area contributed by atoms with Crippen molar-refractivity contribution in [3.63, 3.8) is 0 Å². The van der Waals surface area contributed by atoms with Gasteiger partial charge in [-0.15, -0.1) is 0 Å². The number of carbonyl (C=O) groups is 1. The smallest absolute Gasteiger partial charge is 0.421 e. The zero-order valence-electron chi connectivity index (χ0n) is 24.4. The number of pyridine rings is 1. The zero-order valence-corrected chi connectivity index (χ0v) is 24.4. The molecule has 2 aromatic rings. The van der Waals surface area contributed by atoms with Crippen molar-refractivity contribution in [2.75, 3.05) is 56.2 Å². The number of likely N-dealkylation sites (tertiary alicyclic amines) is 1. The average Bonchev–Trinajstić information content (AvgIpc) is 3.42. The second kappa shape index (κ2) is 12.7. The molecule has 232 valence electrons. The molecule has 9 nitrogen and oxygen atoms in total. The van der Waals surface area contributed by atoms with Crippen LogP contribution in [0.1, 0.15) is 41.6 Å². The Balaban J connectivity index is 1.57. The summed E-state index contributed by atoms with van der Waals surface area (Å²) in [5.74, 6) is -1.56. The first-order chi connectivity index (χ1) is 21.1. The van der Waals surface area contributed by atoms with Gasteiger partial charge < -0.3 is 24.3 Å². The average molecular weight is 612 g/mol. The maximum absolute atomic E-state index is 14.5. The van der Waals surface area contributed by atoms with Crippen LogP contribution in [-0.4, -0.2) is 79.2 Å². The summed E-state index contributed by atoms with van der Waals surface area (Å²) in [6, 6.07) is 7.33. The number of ether oxygens (including phenoxy) is 1. The van der Waals surface area contributed by atoms with Crippen LogP contribution in [0.25, 0.3) is 0 Å². The lowest BCUT2D eigenvalue weighted by Crippen LogP contribution is -2.55. The quantitative estimate of drug-likeness (QED) is 0.338. The van der Waals surface area contributed by atoms with Crippen LogP contribution >= 0.6 is 0 Å². The Kier molecular flexibility index (Phi) is 8.97. The highest BCUT2D eigenvalue weighted by Gasteiger charge is 2.40. The number of nitriles is 2. The molecule has 4 heterocycles. The van der Waals surface area contributed by atoms with Gasteiger partial charge in [0.1, 0.15) is 29.6 Å². The van der Waals surface area contributed by atoms with Gasteiger partial charge in [-0.1, -0.05) is 12.6 Å². The fourth-order valence-electron chi connectivity index (χ4n) is 6.46. The summed E-state index contributed by atoms with van der Waals surface area (Å²) in [5.41, 5.74) is 0.262. The normalized spacial score (nSPS) is 20.6. The Morgan fingerprint density at radius 1 is 1.18 bits per heavy atom. The zero-order chi connectivity index (χ0) is 31.6. The molecule has 3 aliphatic heterocycles. The molecular weight excluding hydrogens is 578 g/mol. The van der Waals surface area contributed by atoms with E-state index in [1.54, 1.807) is 4.90 Å². The third kappa shape index (κ3) is 6.02. The van der Waals surface area contributed by atoms with Gasteiger partial charge in [0.05, 0.1) is 42.1 Å². The van der Waals surface area contributed by atoms with E-state index in [-0.39, 0.29) is 74.7 Å².